The van der Waals surface area contributed by atoms with Gasteiger partial charge in [0.2, 0.25) is 0 Å². The van der Waals surface area contributed by atoms with Gasteiger partial charge in [0.05, 0.1) is 11.7 Å². The van der Waals surface area contributed by atoms with Crippen LogP contribution < -0.4 is 10.2 Å². The molecule has 1 aromatic carbocycles. The molecule has 1 saturated heterocycles. The Balaban J connectivity index is 2.35. The van der Waals surface area contributed by atoms with E-state index >= 15 is 0 Å². The smallest absolute Gasteiger partial charge is 0.414 e. The summed E-state index contributed by atoms with van der Waals surface area (Å²) in [5.41, 5.74) is 1.83. The molecule has 1 amide bonds. The Morgan fingerprint density at radius 3 is 3.06 bits per heavy atom. The van der Waals surface area contributed by atoms with Gasteiger partial charge < -0.3 is 10.1 Å². The van der Waals surface area contributed by atoms with E-state index in [-0.39, 0.29) is 12.1 Å². The lowest BCUT2D eigenvalue weighted by atomic mass is 10.1. The number of ether oxygens (including phenoxy) is 1. The maximum Gasteiger partial charge on any atom is 0.414 e. The average Bonchev–Trinajstić information content (AvgIpc) is 2.64. The van der Waals surface area contributed by atoms with Crippen LogP contribution >= 0.6 is 11.6 Å². The highest BCUT2D eigenvalue weighted by Gasteiger charge is 2.34. The van der Waals surface area contributed by atoms with E-state index in [0.29, 0.717) is 18.2 Å². The molecule has 92 valence electrons. The number of hydrogen-bond acceptors (Lipinski definition) is 3. The summed E-state index contributed by atoms with van der Waals surface area (Å²) in [6, 6.07) is 5.53. The van der Waals surface area contributed by atoms with Crippen molar-refractivity contribution in [1.82, 2.24) is 5.32 Å². The van der Waals surface area contributed by atoms with Gasteiger partial charge in [0.15, 0.2) is 0 Å². The van der Waals surface area contributed by atoms with Crippen LogP contribution in [0.3, 0.4) is 0 Å². The van der Waals surface area contributed by atoms with Crippen LogP contribution in [-0.2, 0) is 4.74 Å². The van der Waals surface area contributed by atoms with Crippen LogP contribution in [0.25, 0.3) is 0 Å². The second kappa shape index (κ2) is 4.94. The van der Waals surface area contributed by atoms with Gasteiger partial charge in [-0.2, -0.15) is 0 Å². The number of likely N-dealkylation sites (N-methyl/N-ethyl adjacent to an activating group) is 1. The van der Waals surface area contributed by atoms with Crippen LogP contribution in [0.2, 0.25) is 5.02 Å². The summed E-state index contributed by atoms with van der Waals surface area (Å²) in [4.78, 5) is 13.4. The summed E-state index contributed by atoms with van der Waals surface area (Å²) in [6.07, 6.45) is -0.310. The number of aryl methyl sites for hydroxylation is 1. The predicted octanol–water partition coefficient (Wildman–Crippen LogP) is 2.19. The molecule has 0 radical (unpaired) electrons. The largest absolute Gasteiger partial charge is 0.447 e. The van der Waals surface area contributed by atoms with E-state index in [4.69, 9.17) is 16.3 Å². The quantitative estimate of drug-likeness (QED) is 0.899. The molecule has 1 N–H and O–H groups in total. The Labute approximate surface area is 106 Å². The van der Waals surface area contributed by atoms with E-state index in [9.17, 15) is 4.79 Å². The molecule has 1 aromatic rings. The number of halogens is 1. The van der Waals surface area contributed by atoms with Crippen LogP contribution in [-0.4, -0.2) is 32.3 Å². The number of nitrogens with zero attached hydrogens (tertiary/aromatic N) is 1. The number of benzene rings is 1. The first-order valence-electron chi connectivity index (χ1n) is 5.50. The maximum atomic E-state index is 11.8. The molecule has 2 rings (SSSR count). The van der Waals surface area contributed by atoms with Crippen LogP contribution in [0.1, 0.15) is 5.56 Å². The van der Waals surface area contributed by atoms with Crippen molar-refractivity contribution in [2.75, 3.05) is 25.1 Å². The first-order chi connectivity index (χ1) is 8.13. The van der Waals surface area contributed by atoms with Crippen LogP contribution in [0.4, 0.5) is 10.5 Å². The van der Waals surface area contributed by atoms with Crippen molar-refractivity contribution < 1.29 is 9.53 Å². The summed E-state index contributed by atoms with van der Waals surface area (Å²) in [7, 11) is 1.85. The third-order valence-electron chi connectivity index (χ3n) is 2.83. The molecule has 5 heteroatoms. The lowest BCUT2D eigenvalue weighted by Crippen LogP contribution is -2.40. The fourth-order valence-electron chi connectivity index (χ4n) is 1.98. The van der Waals surface area contributed by atoms with E-state index in [2.05, 4.69) is 5.32 Å². The SMILES string of the molecule is CNCC1COC(=O)N1c1cc(Cl)ccc1C. The van der Waals surface area contributed by atoms with Crippen molar-refractivity contribution in [2.45, 2.75) is 13.0 Å². The molecular formula is C12H15ClN2O2. The van der Waals surface area contributed by atoms with Gasteiger partial charge in [-0.25, -0.2) is 4.79 Å². The molecule has 1 aliphatic rings. The molecule has 0 saturated carbocycles. The van der Waals surface area contributed by atoms with Crippen molar-refractivity contribution in [3.05, 3.63) is 28.8 Å². The topological polar surface area (TPSA) is 41.6 Å². The molecule has 0 bridgehead atoms. The number of anilines is 1. The molecule has 1 atom stereocenters. The number of amides is 1. The molecule has 1 aliphatic heterocycles. The minimum absolute atomic E-state index is 0.0182. The normalized spacial score (nSPS) is 19.6. The van der Waals surface area contributed by atoms with Crippen molar-refractivity contribution in [2.24, 2.45) is 0 Å². The second-order valence-electron chi connectivity index (χ2n) is 4.09. The number of rotatable bonds is 3. The van der Waals surface area contributed by atoms with Gasteiger partial charge in [-0.1, -0.05) is 17.7 Å². The maximum absolute atomic E-state index is 11.8. The summed E-state index contributed by atoms with van der Waals surface area (Å²) < 4.78 is 5.08. The first kappa shape index (κ1) is 12.2. The minimum Gasteiger partial charge on any atom is -0.447 e. The van der Waals surface area contributed by atoms with Crippen LogP contribution in [0.5, 0.6) is 0 Å². The van der Waals surface area contributed by atoms with E-state index in [1.807, 2.05) is 26.1 Å². The third kappa shape index (κ3) is 2.37. The predicted molar refractivity (Wildman–Crippen MR) is 67.7 cm³/mol. The molecule has 4 nitrogen and oxygen atoms in total. The van der Waals surface area contributed by atoms with Gasteiger partial charge in [-0.05, 0) is 31.7 Å². The molecular weight excluding hydrogens is 240 g/mol. The highest BCUT2D eigenvalue weighted by molar-refractivity contribution is 6.31. The number of carbonyl (C=O) groups excluding carboxylic acids is 1. The Morgan fingerprint density at radius 1 is 1.59 bits per heavy atom. The van der Waals surface area contributed by atoms with Crippen molar-refractivity contribution >= 4 is 23.4 Å². The molecule has 17 heavy (non-hydrogen) atoms. The first-order valence-corrected chi connectivity index (χ1v) is 5.88. The zero-order valence-corrected chi connectivity index (χ0v) is 10.6. The summed E-state index contributed by atoms with van der Waals surface area (Å²) in [5.74, 6) is 0. The molecule has 0 aromatic heterocycles. The van der Waals surface area contributed by atoms with Gasteiger partial charge in [0, 0.05) is 11.6 Å². The van der Waals surface area contributed by atoms with Crippen LogP contribution in [0, 0.1) is 6.92 Å². The van der Waals surface area contributed by atoms with Gasteiger partial charge in [0.1, 0.15) is 6.61 Å². The Kier molecular flexibility index (Phi) is 3.54. The summed E-state index contributed by atoms with van der Waals surface area (Å²) >= 11 is 5.97. The van der Waals surface area contributed by atoms with Gasteiger partial charge in [-0.3, -0.25) is 4.90 Å². The third-order valence-corrected chi connectivity index (χ3v) is 3.07. The Hall–Kier alpha value is -1.26. The second-order valence-corrected chi connectivity index (χ2v) is 4.53. The Morgan fingerprint density at radius 2 is 2.35 bits per heavy atom. The molecule has 0 spiro atoms. The van der Waals surface area contributed by atoms with Crippen molar-refractivity contribution in [3.63, 3.8) is 0 Å². The lowest BCUT2D eigenvalue weighted by molar-refractivity contribution is 0.178. The van der Waals surface area contributed by atoms with Gasteiger partial charge >= 0.3 is 6.09 Å². The highest BCUT2D eigenvalue weighted by atomic mass is 35.5. The molecule has 0 aliphatic carbocycles. The number of cyclic esters (lactones) is 1. The van der Waals surface area contributed by atoms with Crippen LogP contribution in [0.15, 0.2) is 18.2 Å². The number of carbonyl (C=O) groups is 1. The number of nitrogens with one attached hydrogen (secondary N) is 1. The minimum atomic E-state index is -0.310. The molecule has 1 unspecified atom stereocenters. The zero-order chi connectivity index (χ0) is 12.4. The Bertz CT molecular complexity index is 437. The fourth-order valence-corrected chi connectivity index (χ4v) is 2.15. The van der Waals surface area contributed by atoms with Crippen molar-refractivity contribution in [1.29, 1.82) is 0 Å². The average molecular weight is 255 g/mol. The summed E-state index contributed by atoms with van der Waals surface area (Å²) in [6.45, 7) is 3.05. The molecule has 1 fully saturated rings. The van der Waals surface area contributed by atoms with E-state index in [1.54, 1.807) is 11.0 Å². The van der Waals surface area contributed by atoms with Gasteiger partial charge in [-0.15, -0.1) is 0 Å². The standard InChI is InChI=1S/C12H15ClN2O2/c1-8-3-4-9(13)5-11(8)15-10(6-14-2)7-17-12(15)16/h3-5,10,14H,6-7H2,1-2H3. The lowest BCUT2D eigenvalue weighted by Gasteiger charge is -2.23. The van der Waals surface area contributed by atoms with E-state index in [0.717, 1.165) is 11.3 Å². The summed E-state index contributed by atoms with van der Waals surface area (Å²) in [5, 5.41) is 3.68. The van der Waals surface area contributed by atoms with Crippen molar-refractivity contribution in [3.8, 4) is 0 Å². The highest BCUT2D eigenvalue weighted by Crippen LogP contribution is 2.29. The van der Waals surface area contributed by atoms with E-state index in [1.165, 1.54) is 0 Å². The number of hydrogen-bond donors (Lipinski definition) is 1. The zero-order valence-electron chi connectivity index (χ0n) is 9.87. The fraction of sp³-hybridized carbons (Fsp3) is 0.417. The van der Waals surface area contributed by atoms with E-state index < -0.39 is 0 Å². The molecule has 1 heterocycles. The van der Waals surface area contributed by atoms with Gasteiger partial charge in [0.25, 0.3) is 0 Å². The monoisotopic (exact) mass is 254 g/mol.